The van der Waals surface area contributed by atoms with Crippen LogP contribution in [-0.4, -0.2) is 11.4 Å². The molecule has 0 aromatic heterocycles. The Labute approximate surface area is 229 Å². The number of hydrogen-bond acceptors (Lipinski definition) is 2. The summed E-state index contributed by atoms with van der Waals surface area (Å²) in [4.78, 5) is 12.2. The fourth-order valence-electron chi connectivity index (χ4n) is 10.7. The van der Waals surface area contributed by atoms with Crippen molar-refractivity contribution in [2.75, 3.05) is 0 Å². The average Bonchev–Trinajstić information content (AvgIpc) is 3.49. The number of ether oxygens (including phenoxy) is 1. The number of allylic oxidation sites excluding steroid dienone is 1. The van der Waals surface area contributed by atoms with Gasteiger partial charge >= 0.3 is 0 Å². The minimum atomic E-state index is -0.366. The van der Waals surface area contributed by atoms with Crippen LogP contribution in [0.1, 0.15) is 96.1 Å². The summed E-state index contributed by atoms with van der Waals surface area (Å²) in [6.45, 7) is 7.61. The maximum atomic E-state index is 12.2. The number of rotatable bonds is 3. The van der Waals surface area contributed by atoms with Crippen LogP contribution in [0, 0.1) is 34.5 Å². The predicted molar refractivity (Wildman–Crippen MR) is 153 cm³/mol. The van der Waals surface area contributed by atoms with Gasteiger partial charge in [-0.15, -0.1) is 0 Å². The number of fused-ring (bicyclic) bond motifs is 5. The molecule has 4 aliphatic carbocycles. The lowest BCUT2D eigenvalue weighted by molar-refractivity contribution is -0.150. The highest BCUT2D eigenvalue weighted by Gasteiger charge is 2.64. The number of benzene rings is 2. The molecule has 38 heavy (non-hydrogen) atoms. The van der Waals surface area contributed by atoms with Crippen molar-refractivity contribution in [3.05, 3.63) is 83.4 Å². The number of carbonyl (C=O) groups excluding carboxylic acids is 1. The van der Waals surface area contributed by atoms with Crippen molar-refractivity contribution in [2.24, 2.45) is 34.5 Å². The fourth-order valence-corrected chi connectivity index (χ4v) is 10.7. The van der Waals surface area contributed by atoms with Crippen LogP contribution in [0.15, 0.2) is 72.3 Å². The molecule has 0 unspecified atom stereocenters. The molecule has 2 nitrogen and oxygen atoms in total. The van der Waals surface area contributed by atoms with Crippen LogP contribution in [0.5, 0.6) is 0 Å². The largest absolute Gasteiger partial charge is 0.359 e. The zero-order valence-corrected chi connectivity index (χ0v) is 23.5. The third-order valence-corrected chi connectivity index (χ3v) is 12.6. The van der Waals surface area contributed by atoms with Crippen molar-refractivity contribution in [3.63, 3.8) is 0 Å². The van der Waals surface area contributed by atoms with Crippen molar-refractivity contribution in [1.29, 1.82) is 0 Å². The van der Waals surface area contributed by atoms with E-state index in [9.17, 15) is 4.79 Å². The molecule has 7 atom stereocenters. The summed E-state index contributed by atoms with van der Waals surface area (Å²) >= 11 is 0. The van der Waals surface area contributed by atoms with Gasteiger partial charge in [0.15, 0.2) is 5.78 Å². The van der Waals surface area contributed by atoms with E-state index in [1.54, 1.807) is 0 Å². The fraction of sp³-hybridized carbons (Fsp3) is 0.583. The molecule has 7 rings (SSSR count). The highest BCUT2D eigenvalue weighted by Crippen LogP contribution is 2.69. The first-order valence-electron chi connectivity index (χ1n) is 15.3. The van der Waals surface area contributed by atoms with E-state index in [0.717, 1.165) is 49.9 Å². The lowest BCUT2D eigenvalue weighted by Crippen LogP contribution is -2.53. The minimum Gasteiger partial charge on any atom is -0.359 e. The van der Waals surface area contributed by atoms with Gasteiger partial charge in [0.2, 0.25) is 0 Å². The smallest absolute Gasteiger partial charge is 0.155 e. The summed E-state index contributed by atoms with van der Waals surface area (Å²) < 4.78 is 7.51. The van der Waals surface area contributed by atoms with E-state index >= 15 is 0 Å². The van der Waals surface area contributed by atoms with Crippen molar-refractivity contribution in [2.45, 2.75) is 96.2 Å². The molecule has 2 heteroatoms. The van der Waals surface area contributed by atoms with E-state index < -0.39 is 0 Å². The molecule has 4 fully saturated rings. The van der Waals surface area contributed by atoms with Crippen LogP contribution in [0.3, 0.4) is 0 Å². The highest BCUT2D eigenvalue weighted by atomic mass is 16.5. The molecule has 1 heterocycles. The summed E-state index contributed by atoms with van der Waals surface area (Å²) in [7, 11) is 0. The minimum absolute atomic E-state index is 0.122. The molecular weight excluding hydrogens is 464 g/mol. The molecular formula is C36H44O2. The monoisotopic (exact) mass is 508 g/mol. The predicted octanol–water partition coefficient (Wildman–Crippen LogP) is 8.65. The standard InChI is InChI=1S/C36H44O2/c1-33-20-18-28(37)24-27(33)14-15-29-30-16-17-32(34(30,2)21-19-31(29)33)35(3)22-23-36(38-35,25-10-6-4-7-11-25)26-12-8-5-9-13-26/h4-13,24,29-32H,14-23H2,1-3H3/t29-,30-,31-,32-,33+,34+,35+/m1/s1. The SMILES string of the molecule is C[C@]12CC[C@@H]3[C@H](CCC4=CC(=O)CC[C@@]43C)[C@H]1CC[C@H]2[C@]1(C)CCC(c2ccccc2)(c2ccccc2)O1. The summed E-state index contributed by atoms with van der Waals surface area (Å²) in [5.74, 6) is 3.28. The van der Waals surface area contributed by atoms with Crippen LogP contribution in [0.4, 0.5) is 0 Å². The molecule has 3 saturated carbocycles. The van der Waals surface area contributed by atoms with Crippen LogP contribution in [0.25, 0.3) is 0 Å². The third-order valence-electron chi connectivity index (χ3n) is 12.6. The quantitative estimate of drug-likeness (QED) is 0.415. The second kappa shape index (κ2) is 8.65. The van der Waals surface area contributed by atoms with E-state index in [1.807, 2.05) is 6.08 Å². The Morgan fingerprint density at radius 3 is 2.08 bits per heavy atom. The zero-order chi connectivity index (χ0) is 26.2. The van der Waals surface area contributed by atoms with Gasteiger partial charge in [0, 0.05) is 6.42 Å². The van der Waals surface area contributed by atoms with Gasteiger partial charge < -0.3 is 4.74 Å². The van der Waals surface area contributed by atoms with Crippen LogP contribution < -0.4 is 0 Å². The molecule has 5 aliphatic rings. The van der Waals surface area contributed by atoms with Gasteiger partial charge in [0.05, 0.1) is 5.60 Å². The molecule has 2 aromatic rings. The zero-order valence-electron chi connectivity index (χ0n) is 23.5. The van der Waals surface area contributed by atoms with Crippen molar-refractivity contribution in [3.8, 4) is 0 Å². The van der Waals surface area contributed by atoms with Crippen LogP contribution >= 0.6 is 0 Å². The lowest BCUT2D eigenvalue weighted by Gasteiger charge is -2.59. The van der Waals surface area contributed by atoms with Gasteiger partial charge in [-0.3, -0.25) is 4.79 Å². The molecule has 200 valence electrons. The van der Waals surface area contributed by atoms with E-state index in [0.29, 0.717) is 17.1 Å². The lowest BCUT2D eigenvalue weighted by atomic mass is 9.46. The highest BCUT2D eigenvalue weighted by molar-refractivity contribution is 5.91. The van der Waals surface area contributed by atoms with E-state index in [2.05, 4.69) is 81.4 Å². The van der Waals surface area contributed by atoms with Crippen molar-refractivity contribution in [1.82, 2.24) is 0 Å². The first-order valence-corrected chi connectivity index (χ1v) is 15.3. The van der Waals surface area contributed by atoms with Gasteiger partial charge in [-0.25, -0.2) is 0 Å². The summed E-state index contributed by atoms with van der Waals surface area (Å²) in [6.07, 6.45) is 13.7. The Kier molecular flexibility index (Phi) is 5.65. The van der Waals surface area contributed by atoms with Crippen molar-refractivity contribution < 1.29 is 9.53 Å². The summed E-state index contributed by atoms with van der Waals surface area (Å²) in [6, 6.07) is 22.0. The second-order valence-corrected chi connectivity index (χ2v) is 14.1. The molecule has 0 spiro atoms. The topological polar surface area (TPSA) is 26.3 Å². The Morgan fingerprint density at radius 1 is 0.711 bits per heavy atom. The van der Waals surface area contributed by atoms with Gasteiger partial charge in [0.1, 0.15) is 5.60 Å². The Hall–Kier alpha value is -2.19. The van der Waals surface area contributed by atoms with E-state index in [4.69, 9.17) is 4.74 Å². The van der Waals surface area contributed by atoms with Gasteiger partial charge in [-0.2, -0.15) is 0 Å². The van der Waals surface area contributed by atoms with Crippen LogP contribution in [-0.2, 0) is 15.1 Å². The Bertz CT molecular complexity index is 1210. The number of hydrogen-bond donors (Lipinski definition) is 0. The van der Waals surface area contributed by atoms with E-state index in [-0.39, 0.29) is 16.6 Å². The molecule has 0 bridgehead atoms. The second-order valence-electron chi connectivity index (χ2n) is 14.1. The van der Waals surface area contributed by atoms with Gasteiger partial charge in [0.25, 0.3) is 0 Å². The molecule has 1 saturated heterocycles. The Morgan fingerprint density at radius 2 is 1.39 bits per heavy atom. The molecule has 0 radical (unpaired) electrons. The van der Waals surface area contributed by atoms with Crippen LogP contribution in [0.2, 0.25) is 0 Å². The van der Waals surface area contributed by atoms with E-state index in [1.165, 1.54) is 48.8 Å². The van der Waals surface area contributed by atoms with Gasteiger partial charge in [-0.05, 0) is 116 Å². The number of ketones is 1. The van der Waals surface area contributed by atoms with Gasteiger partial charge in [-0.1, -0.05) is 80.1 Å². The first kappa shape index (κ1) is 24.8. The molecule has 1 aliphatic heterocycles. The Balaban J connectivity index is 1.21. The first-order chi connectivity index (χ1) is 18.3. The number of carbonyl (C=O) groups is 1. The normalized spacial score (nSPS) is 41.7. The molecule has 2 aromatic carbocycles. The van der Waals surface area contributed by atoms with Crippen molar-refractivity contribution >= 4 is 5.78 Å². The third kappa shape index (κ3) is 3.44. The summed E-state index contributed by atoms with van der Waals surface area (Å²) in [5.41, 5.74) is 4.17. The summed E-state index contributed by atoms with van der Waals surface area (Å²) in [5, 5.41) is 0. The average molecular weight is 509 g/mol. The molecule has 0 amide bonds. The molecule has 0 N–H and O–H groups in total. The maximum absolute atomic E-state index is 12.2. The maximum Gasteiger partial charge on any atom is 0.155 e.